The van der Waals surface area contributed by atoms with Crippen molar-refractivity contribution in [3.8, 4) is 5.75 Å². The van der Waals surface area contributed by atoms with E-state index in [2.05, 4.69) is 26.1 Å². The quantitative estimate of drug-likeness (QED) is 0.728. The minimum Gasteiger partial charge on any atom is -0.508 e. The molecule has 0 radical (unpaired) electrons. The molecule has 2 aromatic carbocycles. The first kappa shape index (κ1) is 17.8. The van der Waals surface area contributed by atoms with Gasteiger partial charge in [0.05, 0.1) is 26.2 Å². The maximum atomic E-state index is 12.5. The zero-order valence-corrected chi connectivity index (χ0v) is 15.8. The molecule has 1 amide bonds. The Kier molecular flexibility index (Phi) is 5.60. The van der Waals surface area contributed by atoms with E-state index >= 15 is 0 Å². The largest absolute Gasteiger partial charge is 0.508 e. The molecule has 1 saturated heterocycles. The highest BCUT2D eigenvalue weighted by Crippen LogP contribution is 2.18. The summed E-state index contributed by atoms with van der Waals surface area (Å²) in [5.74, 6) is 0.331. The molecular weight excluding hydrogens is 382 g/mol. The van der Waals surface area contributed by atoms with Crippen LogP contribution in [0.3, 0.4) is 0 Å². The topological polar surface area (TPSA) is 57.0 Å². The van der Waals surface area contributed by atoms with Crippen LogP contribution in [0.1, 0.15) is 6.92 Å². The van der Waals surface area contributed by atoms with Crippen molar-refractivity contribution >= 4 is 33.2 Å². The molecule has 0 saturated carbocycles. The van der Waals surface area contributed by atoms with Gasteiger partial charge in [-0.2, -0.15) is 0 Å². The molecule has 1 aliphatic heterocycles. The number of carbonyl (C=O) groups excluding carboxylic acids is 1. The lowest BCUT2D eigenvalue weighted by atomic mass is 10.2. The van der Waals surface area contributed by atoms with E-state index in [4.69, 9.17) is 0 Å². The molecule has 132 valence electrons. The summed E-state index contributed by atoms with van der Waals surface area (Å²) in [5.41, 5.74) is 1.93. The van der Waals surface area contributed by atoms with Gasteiger partial charge in [-0.05, 0) is 49.4 Å². The first-order valence-electron chi connectivity index (χ1n) is 8.48. The predicted molar refractivity (Wildman–Crippen MR) is 103 cm³/mol. The fraction of sp³-hybridized carbons (Fsp3) is 0.316. The Morgan fingerprint density at radius 2 is 1.88 bits per heavy atom. The zero-order valence-electron chi connectivity index (χ0n) is 14.2. The van der Waals surface area contributed by atoms with E-state index in [9.17, 15) is 9.90 Å². The monoisotopic (exact) mass is 404 g/mol. The molecule has 3 rings (SSSR count). The summed E-state index contributed by atoms with van der Waals surface area (Å²) in [4.78, 5) is 16.1. The number of phenolic OH excluding ortho intramolecular Hbond substituents is 1. The summed E-state index contributed by atoms with van der Waals surface area (Å²) >= 11 is 3.42. The van der Waals surface area contributed by atoms with Gasteiger partial charge in [-0.15, -0.1) is 0 Å². The van der Waals surface area contributed by atoms with Gasteiger partial charge in [0.2, 0.25) is 0 Å². The van der Waals surface area contributed by atoms with Gasteiger partial charge >= 0.3 is 0 Å². The normalized spacial score (nSPS) is 16.5. The van der Waals surface area contributed by atoms with Crippen LogP contribution < -0.4 is 15.1 Å². The van der Waals surface area contributed by atoms with E-state index in [1.807, 2.05) is 43.3 Å². The third-order valence-electron chi connectivity index (χ3n) is 4.72. The molecule has 1 heterocycles. The average molecular weight is 405 g/mol. The molecule has 5 nitrogen and oxygen atoms in total. The molecule has 3 N–H and O–H groups in total. The van der Waals surface area contributed by atoms with Crippen molar-refractivity contribution in [2.75, 3.05) is 36.4 Å². The molecule has 2 aromatic rings. The van der Waals surface area contributed by atoms with Gasteiger partial charge in [-0.25, -0.2) is 0 Å². The number of piperazine rings is 1. The van der Waals surface area contributed by atoms with E-state index in [-0.39, 0.29) is 17.7 Å². The summed E-state index contributed by atoms with van der Waals surface area (Å²) in [6, 6.07) is 14.8. The molecule has 1 aliphatic rings. The first-order valence-corrected chi connectivity index (χ1v) is 9.27. The second-order valence-corrected chi connectivity index (χ2v) is 7.30. The van der Waals surface area contributed by atoms with Crippen LogP contribution in [-0.2, 0) is 4.79 Å². The highest BCUT2D eigenvalue weighted by Gasteiger charge is 2.29. The van der Waals surface area contributed by atoms with Gasteiger partial charge in [-0.1, -0.05) is 22.0 Å². The van der Waals surface area contributed by atoms with E-state index < -0.39 is 0 Å². The van der Waals surface area contributed by atoms with Gasteiger partial charge < -0.3 is 20.2 Å². The number of nitrogens with zero attached hydrogens (tertiary/aromatic N) is 1. The summed E-state index contributed by atoms with van der Waals surface area (Å²) in [7, 11) is 0. The lowest BCUT2D eigenvalue weighted by molar-refractivity contribution is -0.914. The number of phenols is 1. The summed E-state index contributed by atoms with van der Waals surface area (Å²) in [5, 5.41) is 12.4. The number of rotatable bonds is 4. The van der Waals surface area contributed by atoms with Crippen molar-refractivity contribution < 1.29 is 14.8 Å². The number of benzene rings is 2. The van der Waals surface area contributed by atoms with Gasteiger partial charge in [0.1, 0.15) is 5.75 Å². The summed E-state index contributed by atoms with van der Waals surface area (Å²) in [6.45, 7) is 5.60. The number of halogens is 1. The highest BCUT2D eigenvalue weighted by atomic mass is 79.9. The lowest BCUT2D eigenvalue weighted by Gasteiger charge is -2.36. The van der Waals surface area contributed by atoms with Crippen molar-refractivity contribution in [3.63, 3.8) is 0 Å². The minimum atomic E-state index is -0.0963. The summed E-state index contributed by atoms with van der Waals surface area (Å²) < 4.78 is 0.952. The number of hydrogen-bond acceptors (Lipinski definition) is 3. The Balaban J connectivity index is 1.54. The fourth-order valence-electron chi connectivity index (χ4n) is 3.15. The SMILES string of the molecule is C[C@H](C(=O)Nc1cccc(Br)c1)[NH+]1CCN(c2ccc(O)cc2)CC1. The Labute approximate surface area is 156 Å². The number of quaternary nitrogens is 1. The van der Waals surface area contributed by atoms with Crippen LogP contribution in [0.25, 0.3) is 0 Å². The van der Waals surface area contributed by atoms with Crippen molar-refractivity contribution in [2.24, 2.45) is 0 Å². The summed E-state index contributed by atoms with van der Waals surface area (Å²) in [6.07, 6.45) is 0. The Morgan fingerprint density at radius 1 is 1.20 bits per heavy atom. The van der Waals surface area contributed by atoms with E-state index in [1.165, 1.54) is 4.90 Å². The Bertz CT molecular complexity index is 728. The maximum Gasteiger partial charge on any atom is 0.282 e. The number of amides is 1. The van der Waals surface area contributed by atoms with Crippen molar-refractivity contribution in [1.29, 1.82) is 0 Å². The molecular formula is C19H23BrN3O2+. The van der Waals surface area contributed by atoms with Crippen LogP contribution in [0.15, 0.2) is 53.0 Å². The molecule has 1 atom stereocenters. The fourth-order valence-corrected chi connectivity index (χ4v) is 3.55. The predicted octanol–water partition coefficient (Wildman–Crippen LogP) is 1.89. The van der Waals surface area contributed by atoms with E-state index in [1.54, 1.807) is 12.1 Å². The Hall–Kier alpha value is -2.05. The van der Waals surface area contributed by atoms with Crippen LogP contribution in [0.4, 0.5) is 11.4 Å². The average Bonchev–Trinajstić information content (AvgIpc) is 2.62. The molecule has 6 heteroatoms. The number of anilines is 2. The van der Waals surface area contributed by atoms with Crippen molar-refractivity contribution in [1.82, 2.24) is 0 Å². The number of hydrogen-bond donors (Lipinski definition) is 3. The number of nitrogens with one attached hydrogen (secondary N) is 2. The number of carbonyl (C=O) groups is 1. The zero-order chi connectivity index (χ0) is 17.8. The standard InChI is InChI=1S/C19H22BrN3O2/c1-14(19(25)21-16-4-2-3-15(20)13-16)22-9-11-23(12-10-22)17-5-7-18(24)8-6-17/h2-8,13-14,24H,9-12H2,1H3,(H,21,25)/p+1/t14-/m1/s1. The third kappa shape index (κ3) is 4.52. The van der Waals surface area contributed by atoms with Crippen LogP contribution in [-0.4, -0.2) is 43.2 Å². The molecule has 0 aromatic heterocycles. The smallest absolute Gasteiger partial charge is 0.282 e. The van der Waals surface area contributed by atoms with Crippen LogP contribution >= 0.6 is 15.9 Å². The maximum absolute atomic E-state index is 12.5. The first-order chi connectivity index (χ1) is 12.0. The van der Waals surface area contributed by atoms with E-state index in [0.717, 1.165) is 42.0 Å². The highest BCUT2D eigenvalue weighted by molar-refractivity contribution is 9.10. The minimum absolute atomic E-state index is 0.0474. The molecule has 1 fully saturated rings. The lowest BCUT2D eigenvalue weighted by Crippen LogP contribution is -3.19. The van der Waals surface area contributed by atoms with Gasteiger partial charge in [0.25, 0.3) is 5.91 Å². The third-order valence-corrected chi connectivity index (χ3v) is 5.21. The Morgan fingerprint density at radius 3 is 2.52 bits per heavy atom. The number of aromatic hydroxyl groups is 1. The van der Waals surface area contributed by atoms with Crippen LogP contribution in [0, 0.1) is 0 Å². The molecule has 0 aliphatic carbocycles. The van der Waals surface area contributed by atoms with Crippen LogP contribution in [0.2, 0.25) is 0 Å². The van der Waals surface area contributed by atoms with Gasteiger partial charge in [-0.3, -0.25) is 4.79 Å². The molecule has 0 unspecified atom stereocenters. The molecule has 0 bridgehead atoms. The van der Waals surface area contributed by atoms with Crippen LogP contribution in [0.5, 0.6) is 5.75 Å². The van der Waals surface area contributed by atoms with Gasteiger partial charge in [0.15, 0.2) is 6.04 Å². The second-order valence-electron chi connectivity index (χ2n) is 6.38. The molecule has 0 spiro atoms. The van der Waals surface area contributed by atoms with Crippen molar-refractivity contribution in [2.45, 2.75) is 13.0 Å². The second kappa shape index (κ2) is 7.89. The molecule has 25 heavy (non-hydrogen) atoms. The van der Waals surface area contributed by atoms with E-state index in [0.29, 0.717) is 0 Å². The van der Waals surface area contributed by atoms with Crippen molar-refractivity contribution in [3.05, 3.63) is 53.0 Å². The van der Waals surface area contributed by atoms with Gasteiger partial charge in [0, 0.05) is 15.8 Å².